The molecular formula is C6H13NOS. The molecule has 0 atom stereocenters. The summed E-state index contributed by atoms with van der Waals surface area (Å²) < 4.78 is 0. The fraction of sp³-hybridized carbons (Fsp3) is 0.833. The van der Waals surface area contributed by atoms with E-state index in [0.717, 1.165) is 24.3 Å². The van der Waals surface area contributed by atoms with Crippen molar-refractivity contribution in [3.05, 3.63) is 0 Å². The topological polar surface area (TPSA) is 32.6 Å². The van der Waals surface area contributed by atoms with E-state index >= 15 is 0 Å². The third-order valence-corrected chi connectivity index (χ3v) is 1.61. The van der Waals surface area contributed by atoms with E-state index in [2.05, 4.69) is 12.1 Å². The first-order valence-electron chi connectivity index (χ1n) is 3.03. The Labute approximate surface area is 60.3 Å². The van der Waals surface area contributed by atoms with Gasteiger partial charge in [0.25, 0.3) is 0 Å². The molecule has 0 fully saturated rings. The molecule has 0 heterocycles. The van der Waals surface area contributed by atoms with Gasteiger partial charge in [-0.05, 0) is 12.7 Å². The first kappa shape index (κ1) is 8.82. The molecule has 0 aromatic carbocycles. The average molecular weight is 147 g/mol. The van der Waals surface area contributed by atoms with E-state index in [9.17, 15) is 0 Å². The molecule has 0 aliphatic carbocycles. The van der Waals surface area contributed by atoms with Crippen LogP contribution in [0.25, 0.3) is 0 Å². The maximum Gasteiger partial charge on any atom is 0.0669 e. The van der Waals surface area contributed by atoms with Crippen LogP contribution in [-0.4, -0.2) is 22.9 Å². The third-order valence-electron chi connectivity index (χ3n) is 0.991. The van der Waals surface area contributed by atoms with Gasteiger partial charge in [-0.1, -0.05) is 18.5 Å². The molecule has 0 rings (SSSR count). The van der Waals surface area contributed by atoms with Crippen molar-refractivity contribution in [3.8, 4) is 0 Å². The fourth-order valence-electron chi connectivity index (χ4n) is 0.606. The van der Waals surface area contributed by atoms with Crippen molar-refractivity contribution in [3.63, 3.8) is 0 Å². The van der Waals surface area contributed by atoms with Crippen molar-refractivity contribution in [2.45, 2.75) is 19.8 Å². The maximum atomic E-state index is 8.36. The minimum absolute atomic E-state index is 0.852. The summed E-state index contributed by atoms with van der Waals surface area (Å²) in [5.41, 5.74) is 0.894. The van der Waals surface area contributed by atoms with Crippen LogP contribution in [-0.2, 0) is 0 Å². The smallest absolute Gasteiger partial charge is 0.0669 e. The van der Waals surface area contributed by atoms with Crippen LogP contribution < -0.4 is 0 Å². The zero-order valence-electron chi connectivity index (χ0n) is 5.92. The molecule has 54 valence electrons. The second-order valence-electron chi connectivity index (χ2n) is 1.85. The van der Waals surface area contributed by atoms with Crippen LogP contribution in [0.3, 0.4) is 0 Å². The highest BCUT2D eigenvalue weighted by atomic mass is 32.2. The van der Waals surface area contributed by atoms with Crippen LogP contribution in [0.5, 0.6) is 0 Å². The summed E-state index contributed by atoms with van der Waals surface area (Å²) in [7, 11) is 0. The molecule has 2 nitrogen and oxygen atoms in total. The quantitative estimate of drug-likeness (QED) is 0.374. The third kappa shape index (κ3) is 4.33. The van der Waals surface area contributed by atoms with Crippen molar-refractivity contribution in [2.24, 2.45) is 5.16 Å². The molecule has 0 spiro atoms. The van der Waals surface area contributed by atoms with Crippen molar-refractivity contribution in [2.75, 3.05) is 12.0 Å². The Kier molecular flexibility index (Phi) is 5.83. The van der Waals surface area contributed by atoms with Crippen LogP contribution in [0.15, 0.2) is 5.16 Å². The number of nitrogens with zero attached hydrogens (tertiary/aromatic N) is 1. The summed E-state index contributed by atoms with van der Waals surface area (Å²) in [5.74, 6) is 0.852. The van der Waals surface area contributed by atoms with Crippen LogP contribution in [0.2, 0.25) is 0 Å². The number of hydrogen-bond donors (Lipinski definition) is 1. The monoisotopic (exact) mass is 147 g/mol. The summed E-state index contributed by atoms with van der Waals surface area (Å²) in [6.07, 6.45) is 3.97. The molecule has 3 heteroatoms. The fourth-order valence-corrected chi connectivity index (χ4v) is 1.14. The van der Waals surface area contributed by atoms with Crippen molar-refractivity contribution >= 4 is 17.5 Å². The molecule has 9 heavy (non-hydrogen) atoms. The lowest BCUT2D eigenvalue weighted by Crippen LogP contribution is -2.00. The Morgan fingerprint density at radius 1 is 1.67 bits per heavy atom. The number of rotatable bonds is 4. The Morgan fingerprint density at radius 2 is 2.33 bits per heavy atom. The summed E-state index contributed by atoms with van der Waals surface area (Å²) in [5, 5.41) is 11.5. The maximum absolute atomic E-state index is 8.36. The second-order valence-corrected chi connectivity index (χ2v) is 2.72. The van der Waals surface area contributed by atoms with Gasteiger partial charge in [0.15, 0.2) is 0 Å². The Bertz CT molecular complexity index is 85.1. The lowest BCUT2D eigenvalue weighted by molar-refractivity contribution is 0.317. The number of thioether (sulfide) groups is 1. The van der Waals surface area contributed by atoms with E-state index in [1.165, 1.54) is 0 Å². The highest BCUT2D eigenvalue weighted by Crippen LogP contribution is 1.99. The highest BCUT2D eigenvalue weighted by Gasteiger charge is 1.94. The van der Waals surface area contributed by atoms with Gasteiger partial charge in [-0.2, -0.15) is 11.8 Å². The van der Waals surface area contributed by atoms with Crippen molar-refractivity contribution in [1.82, 2.24) is 0 Å². The van der Waals surface area contributed by atoms with Crippen LogP contribution in [0.1, 0.15) is 19.8 Å². The first-order valence-corrected chi connectivity index (χ1v) is 4.43. The van der Waals surface area contributed by atoms with E-state index in [0.29, 0.717) is 0 Å². The van der Waals surface area contributed by atoms with E-state index < -0.39 is 0 Å². The van der Waals surface area contributed by atoms with Gasteiger partial charge in [0.05, 0.1) is 5.71 Å². The van der Waals surface area contributed by atoms with Gasteiger partial charge < -0.3 is 5.21 Å². The summed E-state index contributed by atoms with van der Waals surface area (Å²) in [6.45, 7) is 2.07. The minimum atomic E-state index is 0.852. The number of hydrogen-bond acceptors (Lipinski definition) is 3. The minimum Gasteiger partial charge on any atom is -0.411 e. The summed E-state index contributed by atoms with van der Waals surface area (Å²) in [6, 6.07) is 0. The van der Waals surface area contributed by atoms with Gasteiger partial charge >= 0.3 is 0 Å². The molecule has 0 saturated carbocycles. The summed E-state index contributed by atoms with van der Waals surface area (Å²) >= 11 is 1.68. The lowest BCUT2D eigenvalue weighted by atomic mass is 10.2. The molecule has 0 amide bonds. The Balaban J connectivity index is 3.43. The SMILES string of the molecule is CCC/C(CSC)=N/O. The summed E-state index contributed by atoms with van der Waals surface area (Å²) in [4.78, 5) is 0. The second kappa shape index (κ2) is 5.95. The normalized spacial score (nSPS) is 12.0. The first-order chi connectivity index (χ1) is 4.35. The van der Waals surface area contributed by atoms with Gasteiger partial charge in [0.2, 0.25) is 0 Å². The zero-order chi connectivity index (χ0) is 7.11. The number of oxime groups is 1. The molecule has 0 unspecified atom stereocenters. The van der Waals surface area contributed by atoms with Gasteiger partial charge in [0.1, 0.15) is 0 Å². The van der Waals surface area contributed by atoms with Crippen molar-refractivity contribution < 1.29 is 5.21 Å². The highest BCUT2D eigenvalue weighted by molar-refractivity contribution is 7.99. The molecule has 0 aromatic rings. The van der Waals surface area contributed by atoms with E-state index in [-0.39, 0.29) is 0 Å². The molecule has 0 aromatic heterocycles. The van der Waals surface area contributed by atoms with Gasteiger partial charge in [-0.3, -0.25) is 0 Å². The van der Waals surface area contributed by atoms with Gasteiger partial charge in [-0.15, -0.1) is 0 Å². The predicted octanol–water partition coefficient (Wildman–Crippen LogP) is 1.98. The average Bonchev–Trinajstić information content (AvgIpc) is 1.88. The van der Waals surface area contributed by atoms with Crippen molar-refractivity contribution in [1.29, 1.82) is 0 Å². The molecule has 0 aliphatic rings. The molecule has 1 N–H and O–H groups in total. The zero-order valence-corrected chi connectivity index (χ0v) is 6.74. The lowest BCUT2D eigenvalue weighted by Gasteiger charge is -1.96. The van der Waals surface area contributed by atoms with Gasteiger partial charge in [0, 0.05) is 5.75 Å². The molecule has 0 radical (unpaired) electrons. The largest absolute Gasteiger partial charge is 0.411 e. The van der Waals surface area contributed by atoms with Crippen LogP contribution in [0.4, 0.5) is 0 Å². The van der Waals surface area contributed by atoms with E-state index in [1.54, 1.807) is 11.8 Å². The van der Waals surface area contributed by atoms with Crippen LogP contribution in [0, 0.1) is 0 Å². The van der Waals surface area contributed by atoms with E-state index in [4.69, 9.17) is 5.21 Å². The Hall–Kier alpha value is -0.180. The van der Waals surface area contributed by atoms with Crippen LogP contribution >= 0.6 is 11.8 Å². The van der Waals surface area contributed by atoms with E-state index in [1.807, 2.05) is 6.26 Å². The molecule has 0 saturated heterocycles. The molecule has 0 bridgehead atoms. The molecular weight excluding hydrogens is 134 g/mol. The predicted molar refractivity (Wildman–Crippen MR) is 42.5 cm³/mol. The Morgan fingerprint density at radius 3 is 2.67 bits per heavy atom. The molecule has 0 aliphatic heterocycles. The van der Waals surface area contributed by atoms with Gasteiger partial charge in [-0.25, -0.2) is 0 Å². The standard InChI is InChI=1S/C6H13NOS/c1-3-4-6(7-8)5-9-2/h8H,3-5H2,1-2H3/b7-6-.